The molecule has 0 aliphatic carbocycles. The molecule has 412 valence electrons. The van der Waals surface area contributed by atoms with E-state index < -0.39 is 67.4 Å². The van der Waals surface area contributed by atoms with Crippen molar-refractivity contribution >= 4 is 60.9 Å². The van der Waals surface area contributed by atoms with Gasteiger partial charge in [-0.15, -0.1) is 0 Å². The smallest absolute Gasteiger partial charge is 0.403 e. The lowest BCUT2D eigenvalue weighted by molar-refractivity contribution is -0.150. The van der Waals surface area contributed by atoms with Crippen molar-refractivity contribution in [3.63, 3.8) is 0 Å². The lowest BCUT2D eigenvalue weighted by Gasteiger charge is -2.21. The maximum atomic E-state index is 13.2. The first-order chi connectivity index (χ1) is 36.6. The molecule has 6 N–H and O–H groups in total. The molecular formula is C54H69ClFN6O13P. The van der Waals surface area contributed by atoms with E-state index in [0.717, 1.165) is 17.3 Å². The van der Waals surface area contributed by atoms with Gasteiger partial charge in [0.1, 0.15) is 31.9 Å². The van der Waals surface area contributed by atoms with Gasteiger partial charge in [-0.25, -0.2) is 19.4 Å². The Hall–Kier alpha value is -6.57. The van der Waals surface area contributed by atoms with Crippen molar-refractivity contribution in [2.45, 2.75) is 135 Å². The Bertz CT molecular complexity index is 2500. The van der Waals surface area contributed by atoms with Crippen molar-refractivity contribution in [3.05, 3.63) is 136 Å². The van der Waals surface area contributed by atoms with Crippen molar-refractivity contribution in [3.8, 4) is 0 Å². The monoisotopic (exact) mass is 1090 g/mol. The van der Waals surface area contributed by atoms with Gasteiger partial charge < -0.3 is 40.4 Å². The van der Waals surface area contributed by atoms with Gasteiger partial charge in [0.25, 0.3) is 5.91 Å². The van der Waals surface area contributed by atoms with Crippen LogP contribution >= 0.6 is 19.3 Å². The van der Waals surface area contributed by atoms with Crippen LogP contribution in [0.2, 0.25) is 5.02 Å². The van der Waals surface area contributed by atoms with Gasteiger partial charge in [-0.1, -0.05) is 115 Å². The molecule has 0 fully saturated rings. The maximum absolute atomic E-state index is 13.2. The van der Waals surface area contributed by atoms with Gasteiger partial charge in [-0.05, 0) is 81.0 Å². The van der Waals surface area contributed by atoms with Crippen LogP contribution in [0.25, 0.3) is 0 Å². The molecule has 0 aliphatic rings. The molecule has 4 amide bonds. The zero-order valence-corrected chi connectivity index (χ0v) is 44.3. The number of halogens is 2. The van der Waals surface area contributed by atoms with Crippen LogP contribution in [0.4, 0.5) is 4.39 Å². The van der Waals surface area contributed by atoms with E-state index in [1.54, 1.807) is 85.8 Å². The molecule has 1 heterocycles. The number of aromatic nitrogens is 1. The van der Waals surface area contributed by atoms with Crippen molar-refractivity contribution in [1.82, 2.24) is 31.3 Å². The van der Waals surface area contributed by atoms with E-state index in [2.05, 4.69) is 31.3 Å². The molecule has 4 aromatic rings. The average molecular weight is 1100 g/mol. The fraction of sp³-hybridized carbons (Fsp3) is 0.444. The molecule has 22 heteroatoms. The fourth-order valence-corrected chi connectivity index (χ4v) is 8.57. The highest BCUT2D eigenvalue weighted by Crippen LogP contribution is 2.38. The molecule has 4 atom stereocenters. The van der Waals surface area contributed by atoms with Gasteiger partial charge in [0.15, 0.2) is 0 Å². The number of hydrogen-bond acceptors (Lipinski definition) is 13. The van der Waals surface area contributed by atoms with Crippen LogP contribution in [0.15, 0.2) is 103 Å². The van der Waals surface area contributed by atoms with Crippen LogP contribution in [0.5, 0.6) is 0 Å². The number of unbranched alkanes of at least 4 members (excludes halogenated alkanes) is 4. The van der Waals surface area contributed by atoms with Crippen LogP contribution in [0.3, 0.4) is 0 Å². The third-order valence-corrected chi connectivity index (χ3v) is 12.9. The van der Waals surface area contributed by atoms with Crippen molar-refractivity contribution in [2.24, 2.45) is 0 Å². The van der Waals surface area contributed by atoms with E-state index in [9.17, 15) is 47.4 Å². The molecule has 0 spiro atoms. The SMILES string of the molecule is C[C@H](CCCOP(=O)(O)N[C@@H](CCC(=O)OCc1ccccc1)C(=O)OCc1ccccc1)NC(=O)CC[C@H](NC(=O)CCCCCNC(=O)CCCCCNC(=O)c1cnc(F)c(Cl)c1)C(=O)OCc1ccccc1. The zero-order chi connectivity index (χ0) is 55.0. The average Bonchev–Trinajstić information content (AvgIpc) is 3.41. The van der Waals surface area contributed by atoms with Crippen LogP contribution in [-0.2, 0) is 71.9 Å². The molecular weight excluding hydrogens is 1030 g/mol. The number of carbonyl (C=O) groups excluding carboxylic acids is 7. The highest BCUT2D eigenvalue weighted by Gasteiger charge is 2.31. The Morgan fingerprint density at radius 3 is 1.71 bits per heavy atom. The number of ether oxygens (including phenoxy) is 3. The van der Waals surface area contributed by atoms with Crippen LogP contribution in [0.1, 0.15) is 124 Å². The normalized spacial score (nSPS) is 12.9. The van der Waals surface area contributed by atoms with Gasteiger partial charge in [-0.2, -0.15) is 4.39 Å². The molecule has 3 aromatic carbocycles. The number of benzene rings is 3. The first-order valence-corrected chi connectivity index (χ1v) is 27.3. The lowest BCUT2D eigenvalue weighted by Crippen LogP contribution is -2.43. The van der Waals surface area contributed by atoms with E-state index in [-0.39, 0.29) is 81.4 Å². The summed E-state index contributed by atoms with van der Waals surface area (Å²) in [6, 6.07) is 25.1. The highest BCUT2D eigenvalue weighted by molar-refractivity contribution is 7.50. The first kappa shape index (κ1) is 62.0. The summed E-state index contributed by atoms with van der Waals surface area (Å²) < 4.78 is 47.9. The minimum Gasteiger partial charge on any atom is -0.461 e. The third kappa shape index (κ3) is 26.3. The Labute approximate surface area is 447 Å². The molecule has 1 aromatic heterocycles. The van der Waals surface area contributed by atoms with Crippen LogP contribution < -0.4 is 26.4 Å². The number of nitrogens with zero attached hydrogens (tertiary/aromatic N) is 1. The molecule has 0 aliphatic heterocycles. The summed E-state index contributed by atoms with van der Waals surface area (Å²) in [5.41, 5.74) is 2.35. The molecule has 76 heavy (non-hydrogen) atoms. The van der Waals surface area contributed by atoms with Gasteiger partial charge in [-0.3, -0.25) is 33.3 Å². The first-order valence-electron chi connectivity index (χ1n) is 25.4. The van der Waals surface area contributed by atoms with Crippen molar-refractivity contribution < 1.29 is 66.1 Å². The number of pyridine rings is 1. The number of esters is 3. The van der Waals surface area contributed by atoms with E-state index in [4.69, 9.17) is 30.3 Å². The third-order valence-electron chi connectivity index (χ3n) is 11.5. The minimum atomic E-state index is -4.61. The van der Waals surface area contributed by atoms with E-state index in [1.165, 1.54) is 6.07 Å². The number of hydrogen-bond donors (Lipinski definition) is 6. The Balaban J connectivity index is 1.14. The van der Waals surface area contributed by atoms with Gasteiger partial charge >= 0.3 is 25.7 Å². The number of amides is 4. The largest absolute Gasteiger partial charge is 0.461 e. The van der Waals surface area contributed by atoms with Gasteiger partial charge in [0, 0.05) is 51.0 Å². The summed E-state index contributed by atoms with van der Waals surface area (Å²) >= 11 is 5.68. The Morgan fingerprint density at radius 1 is 0.618 bits per heavy atom. The molecule has 0 bridgehead atoms. The van der Waals surface area contributed by atoms with Crippen LogP contribution in [0, 0.1) is 5.95 Å². The summed E-state index contributed by atoms with van der Waals surface area (Å²) in [5.74, 6) is -4.38. The summed E-state index contributed by atoms with van der Waals surface area (Å²) in [6.07, 6.45) is 5.09. The zero-order valence-electron chi connectivity index (χ0n) is 42.7. The standard InChI is InChI=1S/C54H69ClFN6O13P/c1-39(18-17-33-75-76(70,71)62-46(54(69)74-38-42-23-11-4-12-24-42)28-30-50(66)72-36-40-19-7-2-8-20-40)60-49(65)29-27-45(53(68)73-37-41-21-9-3-10-22-41)61-48(64)26-14-6-15-31-57-47(63)25-13-5-16-32-58-52(67)43-34-44(55)51(56)59-35-43/h2-4,7-12,19-24,34-35,39,45-46H,5-6,13-18,25-33,36-38H2,1H3,(H,57,63)(H,58,67)(H,60,65)(H,61,64)(H2,62,70,71)/t39-,45+,46+/m1/s1. The molecule has 19 nitrogen and oxygen atoms in total. The lowest BCUT2D eigenvalue weighted by atomic mass is 10.1. The molecule has 0 saturated carbocycles. The minimum absolute atomic E-state index is 0.0183. The molecule has 0 radical (unpaired) electrons. The van der Waals surface area contributed by atoms with Crippen LogP contribution in [-0.4, -0.2) is 89.2 Å². The maximum Gasteiger partial charge on any atom is 0.403 e. The highest BCUT2D eigenvalue weighted by atomic mass is 35.5. The second-order valence-electron chi connectivity index (χ2n) is 17.9. The summed E-state index contributed by atoms with van der Waals surface area (Å²) in [4.78, 5) is 104. The quantitative estimate of drug-likeness (QED) is 0.00848. The fourth-order valence-electron chi connectivity index (χ4n) is 7.33. The number of nitrogens with one attached hydrogen (secondary N) is 5. The molecule has 4 rings (SSSR count). The van der Waals surface area contributed by atoms with E-state index >= 15 is 0 Å². The second-order valence-corrected chi connectivity index (χ2v) is 19.9. The predicted molar refractivity (Wildman–Crippen MR) is 280 cm³/mol. The summed E-state index contributed by atoms with van der Waals surface area (Å²) in [7, 11) is -4.61. The van der Waals surface area contributed by atoms with E-state index in [1.807, 2.05) is 12.1 Å². The Morgan fingerprint density at radius 2 is 1.13 bits per heavy atom. The van der Waals surface area contributed by atoms with Gasteiger partial charge in [0.05, 0.1) is 17.2 Å². The molecule has 0 saturated heterocycles. The van der Waals surface area contributed by atoms with Gasteiger partial charge in [0.2, 0.25) is 23.7 Å². The van der Waals surface area contributed by atoms with E-state index in [0.29, 0.717) is 70.0 Å². The predicted octanol–water partition coefficient (Wildman–Crippen LogP) is 7.48. The molecule has 1 unspecified atom stereocenters. The Kier molecular flexibility index (Phi) is 28.5. The summed E-state index contributed by atoms with van der Waals surface area (Å²) in [6.45, 7) is 2.17. The number of rotatable bonds is 36. The topological polar surface area (TPSA) is 267 Å². The second kappa shape index (κ2) is 34.9. The summed E-state index contributed by atoms with van der Waals surface area (Å²) in [5, 5.41) is 13.2. The van der Waals surface area contributed by atoms with Crippen molar-refractivity contribution in [1.29, 1.82) is 0 Å². The number of carbonyl (C=O) groups is 7. The van der Waals surface area contributed by atoms with Crippen molar-refractivity contribution in [2.75, 3.05) is 19.7 Å².